The Hall–Kier alpha value is -0.260. The molecule has 0 bridgehead atoms. The average Bonchev–Trinajstić information content (AvgIpc) is 2.04. The quantitative estimate of drug-likeness (QED) is 0.545. The molecule has 0 aromatic rings. The minimum absolute atomic E-state index is 0.387. The highest BCUT2D eigenvalue weighted by atomic mass is 14.3. The van der Waals surface area contributed by atoms with E-state index in [1.165, 1.54) is 12.8 Å². The van der Waals surface area contributed by atoms with Crippen molar-refractivity contribution in [2.24, 2.45) is 11.3 Å². The molecule has 0 N–H and O–H groups in total. The van der Waals surface area contributed by atoms with Crippen molar-refractivity contribution in [1.29, 1.82) is 0 Å². The van der Waals surface area contributed by atoms with Gasteiger partial charge in [-0.3, -0.25) is 0 Å². The van der Waals surface area contributed by atoms with E-state index in [-0.39, 0.29) is 0 Å². The fourth-order valence-corrected chi connectivity index (χ4v) is 1.86. The molecule has 0 spiro atoms. The van der Waals surface area contributed by atoms with Gasteiger partial charge in [-0.15, -0.1) is 0 Å². The van der Waals surface area contributed by atoms with Crippen LogP contribution in [0.4, 0.5) is 0 Å². The van der Waals surface area contributed by atoms with Crippen LogP contribution in [0.15, 0.2) is 11.6 Å². The first-order chi connectivity index (χ1) is 5.50. The smallest absolute Gasteiger partial charge is 0.0119 e. The molecule has 0 amide bonds. The summed E-state index contributed by atoms with van der Waals surface area (Å²) in [5.74, 6) is 0.781. The van der Waals surface area contributed by atoms with Gasteiger partial charge in [0.1, 0.15) is 0 Å². The van der Waals surface area contributed by atoms with Crippen molar-refractivity contribution in [1.82, 2.24) is 0 Å². The maximum atomic E-state index is 2.36. The number of allylic oxidation sites excluding steroid dienone is 2. The zero-order valence-electron chi connectivity index (χ0n) is 9.57. The Balaban J connectivity index is 4.57. The fourth-order valence-electron chi connectivity index (χ4n) is 1.86. The van der Waals surface area contributed by atoms with E-state index < -0.39 is 0 Å². The largest absolute Gasteiger partial charge is 0.0879 e. The van der Waals surface area contributed by atoms with Crippen LogP contribution in [0.2, 0.25) is 0 Å². The molecular formula is C12H24. The molecule has 1 atom stereocenters. The van der Waals surface area contributed by atoms with Crippen LogP contribution < -0.4 is 0 Å². The molecule has 0 aromatic carbocycles. The first-order valence-corrected chi connectivity index (χ1v) is 5.16. The van der Waals surface area contributed by atoms with Crippen molar-refractivity contribution in [3.05, 3.63) is 11.6 Å². The Bertz CT molecular complexity index is 151. The van der Waals surface area contributed by atoms with Gasteiger partial charge in [-0.25, -0.2) is 0 Å². The summed E-state index contributed by atoms with van der Waals surface area (Å²) in [6.07, 6.45) is 4.74. The summed E-state index contributed by atoms with van der Waals surface area (Å²) in [5.41, 5.74) is 1.98. The van der Waals surface area contributed by atoms with Crippen LogP contribution >= 0.6 is 0 Å². The summed E-state index contributed by atoms with van der Waals surface area (Å²) < 4.78 is 0. The second kappa shape index (κ2) is 4.69. The molecule has 0 rings (SSSR count). The van der Waals surface area contributed by atoms with E-state index >= 15 is 0 Å². The molecule has 0 aromatic heterocycles. The Morgan fingerprint density at radius 3 is 2.08 bits per heavy atom. The lowest BCUT2D eigenvalue weighted by atomic mass is 9.72. The van der Waals surface area contributed by atoms with Crippen LogP contribution in [0.3, 0.4) is 0 Å². The number of hydrogen-bond donors (Lipinski definition) is 0. The van der Waals surface area contributed by atoms with Crippen LogP contribution in [0.25, 0.3) is 0 Å². The summed E-state index contributed by atoms with van der Waals surface area (Å²) in [4.78, 5) is 0. The lowest BCUT2D eigenvalue weighted by Crippen LogP contribution is -2.23. The van der Waals surface area contributed by atoms with Crippen molar-refractivity contribution in [3.63, 3.8) is 0 Å². The minimum Gasteiger partial charge on any atom is -0.0879 e. The van der Waals surface area contributed by atoms with Crippen LogP contribution in [0.1, 0.15) is 54.4 Å². The molecule has 0 fully saturated rings. The third kappa shape index (κ3) is 2.36. The Labute approximate surface area is 78.1 Å². The summed E-state index contributed by atoms with van der Waals surface area (Å²) in [6.45, 7) is 13.7. The molecular weight excluding hydrogens is 144 g/mol. The van der Waals surface area contributed by atoms with Gasteiger partial charge in [-0.1, -0.05) is 52.7 Å². The molecule has 0 heterocycles. The van der Waals surface area contributed by atoms with Gasteiger partial charge in [-0.05, 0) is 24.7 Å². The highest BCUT2D eigenvalue weighted by Crippen LogP contribution is 2.37. The van der Waals surface area contributed by atoms with Crippen molar-refractivity contribution in [3.8, 4) is 0 Å². The van der Waals surface area contributed by atoms with Gasteiger partial charge in [0.15, 0.2) is 0 Å². The molecule has 0 aliphatic rings. The van der Waals surface area contributed by atoms with Gasteiger partial charge >= 0.3 is 0 Å². The van der Waals surface area contributed by atoms with E-state index in [1.54, 1.807) is 5.57 Å². The molecule has 0 saturated carbocycles. The summed E-state index contributed by atoms with van der Waals surface area (Å²) in [6, 6.07) is 0. The SMILES string of the molecule is CC=C(CC)C(C)(C)C(C)CC. The van der Waals surface area contributed by atoms with Crippen molar-refractivity contribution in [2.45, 2.75) is 54.4 Å². The van der Waals surface area contributed by atoms with Crippen molar-refractivity contribution >= 4 is 0 Å². The average molecular weight is 168 g/mol. The molecule has 0 aliphatic heterocycles. The van der Waals surface area contributed by atoms with Gasteiger partial charge in [-0.2, -0.15) is 0 Å². The van der Waals surface area contributed by atoms with Crippen LogP contribution in [0, 0.1) is 11.3 Å². The Kier molecular flexibility index (Phi) is 4.59. The number of hydrogen-bond acceptors (Lipinski definition) is 0. The summed E-state index contributed by atoms with van der Waals surface area (Å²) in [7, 11) is 0. The van der Waals surface area contributed by atoms with E-state index in [1.807, 2.05) is 0 Å². The second-order valence-corrected chi connectivity index (χ2v) is 4.20. The molecule has 72 valence electrons. The van der Waals surface area contributed by atoms with E-state index in [4.69, 9.17) is 0 Å². The van der Waals surface area contributed by atoms with E-state index in [9.17, 15) is 0 Å². The summed E-state index contributed by atoms with van der Waals surface area (Å²) >= 11 is 0. The van der Waals surface area contributed by atoms with E-state index in [2.05, 4.69) is 47.6 Å². The molecule has 0 nitrogen and oxygen atoms in total. The van der Waals surface area contributed by atoms with E-state index in [0.29, 0.717) is 5.41 Å². The zero-order valence-corrected chi connectivity index (χ0v) is 9.57. The first kappa shape index (κ1) is 11.7. The van der Waals surface area contributed by atoms with Crippen LogP contribution in [-0.2, 0) is 0 Å². The fraction of sp³-hybridized carbons (Fsp3) is 0.833. The lowest BCUT2D eigenvalue weighted by Gasteiger charge is -2.33. The predicted molar refractivity (Wildman–Crippen MR) is 57.3 cm³/mol. The molecule has 0 radical (unpaired) electrons. The van der Waals surface area contributed by atoms with Gasteiger partial charge in [0, 0.05) is 0 Å². The highest BCUT2D eigenvalue weighted by molar-refractivity contribution is 5.11. The Morgan fingerprint density at radius 1 is 1.33 bits per heavy atom. The normalized spacial score (nSPS) is 16.3. The second-order valence-electron chi connectivity index (χ2n) is 4.20. The van der Waals surface area contributed by atoms with Crippen molar-refractivity contribution < 1.29 is 0 Å². The molecule has 12 heavy (non-hydrogen) atoms. The zero-order chi connectivity index (χ0) is 9.78. The lowest BCUT2D eigenvalue weighted by molar-refractivity contribution is 0.272. The maximum Gasteiger partial charge on any atom is -0.0119 e. The third-order valence-electron chi connectivity index (χ3n) is 3.40. The number of rotatable bonds is 4. The standard InChI is InChI=1S/C12H24/c1-7-10(4)12(5,6)11(8-2)9-3/h8,10H,7,9H2,1-6H3. The maximum absolute atomic E-state index is 2.36. The Morgan fingerprint density at radius 2 is 1.83 bits per heavy atom. The molecule has 0 saturated heterocycles. The van der Waals surface area contributed by atoms with Gasteiger partial charge in [0.05, 0.1) is 0 Å². The van der Waals surface area contributed by atoms with Gasteiger partial charge in [0.25, 0.3) is 0 Å². The van der Waals surface area contributed by atoms with Gasteiger partial charge in [0.2, 0.25) is 0 Å². The molecule has 1 unspecified atom stereocenters. The molecule has 0 aliphatic carbocycles. The topological polar surface area (TPSA) is 0 Å². The van der Waals surface area contributed by atoms with E-state index in [0.717, 1.165) is 5.92 Å². The monoisotopic (exact) mass is 168 g/mol. The summed E-state index contributed by atoms with van der Waals surface area (Å²) in [5, 5.41) is 0. The van der Waals surface area contributed by atoms with Crippen LogP contribution in [0.5, 0.6) is 0 Å². The minimum atomic E-state index is 0.387. The highest BCUT2D eigenvalue weighted by Gasteiger charge is 2.26. The van der Waals surface area contributed by atoms with Gasteiger partial charge < -0.3 is 0 Å². The van der Waals surface area contributed by atoms with Crippen molar-refractivity contribution in [2.75, 3.05) is 0 Å². The third-order valence-corrected chi connectivity index (χ3v) is 3.40. The first-order valence-electron chi connectivity index (χ1n) is 5.16. The predicted octanol–water partition coefficient (Wildman–Crippen LogP) is 4.42. The van der Waals surface area contributed by atoms with Crippen LogP contribution in [-0.4, -0.2) is 0 Å². The molecule has 0 heteroatoms.